The van der Waals surface area contributed by atoms with Gasteiger partial charge < -0.3 is 15.4 Å². The van der Waals surface area contributed by atoms with Crippen LogP contribution in [-0.2, 0) is 17.6 Å². The van der Waals surface area contributed by atoms with E-state index in [0.717, 1.165) is 68.8 Å². The summed E-state index contributed by atoms with van der Waals surface area (Å²) in [5.41, 5.74) is 2.46. The third-order valence-electron chi connectivity index (χ3n) is 3.78. The van der Waals surface area contributed by atoms with E-state index in [2.05, 4.69) is 57.2 Å². The first-order valence-corrected chi connectivity index (χ1v) is 10.2. The van der Waals surface area contributed by atoms with Crippen LogP contribution in [0, 0.1) is 6.92 Å². The van der Waals surface area contributed by atoms with Crippen LogP contribution in [0.3, 0.4) is 0 Å². The largest absolute Gasteiger partial charge is 0.381 e. The maximum absolute atomic E-state index is 5.70. The smallest absolute Gasteiger partial charge is 0.191 e. The standard InChI is InChI=1S/C20H30N4OS.HI/c1-3-21-20(23-13-10-19-16-26-17(2)24-19)22-12-7-14-25-15-11-18-8-5-4-6-9-18;/h4-6,8-9,16H,3,7,10-15H2,1-2H3,(H2,21,22,23);1H. The number of halogens is 1. The van der Waals surface area contributed by atoms with Gasteiger partial charge in [0.1, 0.15) is 0 Å². The Morgan fingerprint density at radius 1 is 1.15 bits per heavy atom. The molecule has 0 radical (unpaired) electrons. The SMILES string of the molecule is CCNC(=NCCCOCCc1ccccc1)NCCc1csc(C)n1.I. The van der Waals surface area contributed by atoms with Crippen molar-refractivity contribution in [2.45, 2.75) is 33.1 Å². The van der Waals surface area contributed by atoms with E-state index in [1.807, 2.05) is 13.0 Å². The number of hydrogen-bond donors (Lipinski definition) is 2. The summed E-state index contributed by atoms with van der Waals surface area (Å²) >= 11 is 1.70. The van der Waals surface area contributed by atoms with Gasteiger partial charge in [0.2, 0.25) is 0 Å². The lowest BCUT2D eigenvalue weighted by Crippen LogP contribution is -2.38. The Labute approximate surface area is 184 Å². The Morgan fingerprint density at radius 2 is 1.96 bits per heavy atom. The van der Waals surface area contributed by atoms with Crippen molar-refractivity contribution in [2.75, 3.05) is 32.8 Å². The van der Waals surface area contributed by atoms with E-state index in [1.165, 1.54) is 5.56 Å². The summed E-state index contributed by atoms with van der Waals surface area (Å²) in [7, 11) is 0. The van der Waals surface area contributed by atoms with Crippen molar-refractivity contribution in [2.24, 2.45) is 4.99 Å². The highest BCUT2D eigenvalue weighted by Gasteiger charge is 2.00. The number of aliphatic imine (C=N–C) groups is 1. The van der Waals surface area contributed by atoms with Gasteiger partial charge in [-0.25, -0.2) is 4.98 Å². The number of aryl methyl sites for hydroxylation is 1. The van der Waals surface area contributed by atoms with Crippen LogP contribution in [-0.4, -0.2) is 43.8 Å². The average Bonchev–Trinajstić information content (AvgIpc) is 3.07. The summed E-state index contributed by atoms with van der Waals surface area (Å²) in [6.45, 7) is 8.07. The molecule has 0 saturated heterocycles. The van der Waals surface area contributed by atoms with Crippen molar-refractivity contribution in [1.29, 1.82) is 0 Å². The van der Waals surface area contributed by atoms with E-state index in [0.29, 0.717) is 0 Å². The molecule has 0 bridgehead atoms. The molecule has 7 heteroatoms. The molecule has 1 aromatic heterocycles. The predicted molar refractivity (Wildman–Crippen MR) is 126 cm³/mol. The predicted octanol–water partition coefficient (Wildman–Crippen LogP) is 3.82. The van der Waals surface area contributed by atoms with Gasteiger partial charge in [-0.2, -0.15) is 0 Å². The first-order valence-electron chi connectivity index (χ1n) is 9.32. The van der Waals surface area contributed by atoms with Crippen molar-refractivity contribution in [3.8, 4) is 0 Å². The fraction of sp³-hybridized carbons (Fsp3) is 0.500. The number of hydrogen-bond acceptors (Lipinski definition) is 4. The van der Waals surface area contributed by atoms with E-state index in [1.54, 1.807) is 11.3 Å². The van der Waals surface area contributed by atoms with Gasteiger partial charge in [0.25, 0.3) is 0 Å². The summed E-state index contributed by atoms with van der Waals surface area (Å²) in [5.74, 6) is 0.865. The van der Waals surface area contributed by atoms with Crippen LogP contribution in [0.1, 0.15) is 29.6 Å². The summed E-state index contributed by atoms with van der Waals surface area (Å²) in [6, 6.07) is 10.4. The highest BCUT2D eigenvalue weighted by atomic mass is 127. The lowest BCUT2D eigenvalue weighted by molar-refractivity contribution is 0.136. The highest BCUT2D eigenvalue weighted by molar-refractivity contribution is 14.0. The van der Waals surface area contributed by atoms with E-state index < -0.39 is 0 Å². The Hall–Kier alpha value is -1.19. The van der Waals surface area contributed by atoms with E-state index in [4.69, 9.17) is 4.74 Å². The third kappa shape index (κ3) is 10.7. The average molecular weight is 502 g/mol. The highest BCUT2D eigenvalue weighted by Crippen LogP contribution is 2.07. The van der Waals surface area contributed by atoms with Crippen LogP contribution < -0.4 is 10.6 Å². The van der Waals surface area contributed by atoms with Crippen LogP contribution in [0.2, 0.25) is 0 Å². The van der Waals surface area contributed by atoms with Crippen molar-refractivity contribution >= 4 is 41.3 Å². The van der Waals surface area contributed by atoms with E-state index >= 15 is 0 Å². The first kappa shape index (κ1) is 23.8. The number of nitrogens with one attached hydrogen (secondary N) is 2. The molecule has 150 valence electrons. The second-order valence-electron chi connectivity index (χ2n) is 6.00. The quantitative estimate of drug-likeness (QED) is 0.212. The molecule has 0 saturated carbocycles. The molecular formula is C20H31IN4OS. The molecule has 0 atom stereocenters. The van der Waals surface area contributed by atoms with E-state index in [-0.39, 0.29) is 24.0 Å². The minimum Gasteiger partial charge on any atom is -0.381 e. The molecule has 2 aromatic rings. The van der Waals surface area contributed by atoms with Crippen molar-refractivity contribution < 1.29 is 4.74 Å². The fourth-order valence-corrected chi connectivity index (χ4v) is 3.12. The van der Waals surface area contributed by atoms with Crippen LogP contribution in [0.5, 0.6) is 0 Å². The molecular weight excluding hydrogens is 471 g/mol. The van der Waals surface area contributed by atoms with E-state index in [9.17, 15) is 0 Å². The summed E-state index contributed by atoms with van der Waals surface area (Å²) in [6.07, 6.45) is 2.80. The molecule has 0 unspecified atom stereocenters. The Bertz CT molecular complexity index is 648. The van der Waals surface area contributed by atoms with Gasteiger partial charge in [-0.3, -0.25) is 4.99 Å². The Kier molecular flexibility index (Phi) is 13.1. The van der Waals surface area contributed by atoms with Gasteiger partial charge >= 0.3 is 0 Å². The van der Waals surface area contributed by atoms with Gasteiger partial charge in [0.05, 0.1) is 17.3 Å². The molecule has 0 aliphatic carbocycles. The molecule has 27 heavy (non-hydrogen) atoms. The molecule has 0 aliphatic rings. The second-order valence-corrected chi connectivity index (χ2v) is 7.06. The monoisotopic (exact) mass is 502 g/mol. The maximum Gasteiger partial charge on any atom is 0.191 e. The van der Waals surface area contributed by atoms with Gasteiger partial charge in [-0.1, -0.05) is 30.3 Å². The number of thiazole rings is 1. The summed E-state index contributed by atoms with van der Waals surface area (Å²) < 4.78 is 5.70. The maximum atomic E-state index is 5.70. The molecule has 1 heterocycles. The zero-order valence-electron chi connectivity index (χ0n) is 16.2. The zero-order valence-corrected chi connectivity index (χ0v) is 19.4. The third-order valence-corrected chi connectivity index (χ3v) is 4.60. The first-order chi connectivity index (χ1) is 12.8. The lowest BCUT2D eigenvalue weighted by atomic mass is 10.2. The number of benzene rings is 1. The van der Waals surface area contributed by atoms with Crippen LogP contribution in [0.15, 0.2) is 40.7 Å². The molecule has 0 spiro atoms. The normalized spacial score (nSPS) is 11.1. The lowest BCUT2D eigenvalue weighted by Gasteiger charge is -2.10. The molecule has 0 fully saturated rings. The molecule has 5 nitrogen and oxygen atoms in total. The van der Waals surface area contributed by atoms with Gasteiger partial charge in [0.15, 0.2) is 5.96 Å². The molecule has 0 aliphatic heterocycles. The number of rotatable bonds is 11. The minimum absolute atomic E-state index is 0. The summed E-state index contributed by atoms with van der Waals surface area (Å²) in [4.78, 5) is 9.08. The summed E-state index contributed by atoms with van der Waals surface area (Å²) in [5, 5.41) is 9.88. The number of aromatic nitrogens is 1. The Morgan fingerprint density at radius 3 is 2.67 bits per heavy atom. The molecule has 2 N–H and O–H groups in total. The molecule has 0 amide bonds. The fourth-order valence-electron chi connectivity index (χ4n) is 2.47. The molecule has 1 aromatic carbocycles. The van der Waals surface area contributed by atoms with Crippen molar-refractivity contribution in [1.82, 2.24) is 15.6 Å². The van der Waals surface area contributed by atoms with Crippen molar-refractivity contribution in [3.63, 3.8) is 0 Å². The zero-order chi connectivity index (χ0) is 18.5. The number of guanidine groups is 1. The minimum atomic E-state index is 0. The van der Waals surface area contributed by atoms with Gasteiger partial charge in [-0.05, 0) is 32.3 Å². The second kappa shape index (κ2) is 14.8. The number of ether oxygens (including phenoxy) is 1. The molecule has 2 rings (SSSR count). The van der Waals surface area contributed by atoms with Gasteiger partial charge in [-0.15, -0.1) is 35.3 Å². The van der Waals surface area contributed by atoms with Crippen LogP contribution in [0.4, 0.5) is 0 Å². The Balaban J connectivity index is 0.00000364. The number of nitrogens with zero attached hydrogens (tertiary/aromatic N) is 2. The van der Waals surface area contributed by atoms with Crippen LogP contribution >= 0.6 is 35.3 Å². The topological polar surface area (TPSA) is 58.5 Å². The van der Waals surface area contributed by atoms with Crippen LogP contribution in [0.25, 0.3) is 0 Å². The van der Waals surface area contributed by atoms with Gasteiger partial charge in [0, 0.05) is 38.0 Å². The van der Waals surface area contributed by atoms with Crippen molar-refractivity contribution in [3.05, 3.63) is 52.0 Å².